The number of aromatic nitrogens is 5. The summed E-state index contributed by atoms with van der Waals surface area (Å²) >= 11 is 2.97. The molecule has 10 nitrogen and oxygen atoms in total. The molecule has 0 spiro atoms. The van der Waals surface area contributed by atoms with Crippen LogP contribution in [0.15, 0.2) is 17.1 Å². The van der Waals surface area contributed by atoms with Crippen LogP contribution < -0.4 is 0 Å². The third-order valence-corrected chi connectivity index (χ3v) is 2.31. The molecular formula is C7H3BrN6O4. The van der Waals surface area contributed by atoms with Gasteiger partial charge in [0.25, 0.3) is 4.73 Å². The van der Waals surface area contributed by atoms with Crippen LogP contribution in [-0.2, 0) is 0 Å². The Hall–Kier alpha value is -2.43. The number of rotatable bonds is 3. The standard InChI is InChI=1S/C7H3BrN6O4/c8-6-11-7(14(17)18)12-13(6)4-2-9-3(1-10-4)5(15)16/h1-2H,(H,15,16). The largest absolute Gasteiger partial charge is 0.492 e. The van der Waals surface area contributed by atoms with Gasteiger partial charge in [-0.15, -0.1) is 4.68 Å². The van der Waals surface area contributed by atoms with E-state index in [9.17, 15) is 14.9 Å². The molecule has 1 N–H and O–H groups in total. The van der Waals surface area contributed by atoms with Crippen molar-refractivity contribution in [2.24, 2.45) is 0 Å². The van der Waals surface area contributed by atoms with Crippen molar-refractivity contribution in [3.63, 3.8) is 0 Å². The van der Waals surface area contributed by atoms with Gasteiger partial charge in [-0.1, -0.05) is 0 Å². The summed E-state index contributed by atoms with van der Waals surface area (Å²) < 4.78 is 1.09. The quantitative estimate of drug-likeness (QED) is 0.635. The van der Waals surface area contributed by atoms with E-state index in [0.717, 1.165) is 17.1 Å². The number of carboxylic acids is 1. The number of aromatic carboxylic acids is 1. The Morgan fingerprint density at radius 3 is 2.61 bits per heavy atom. The van der Waals surface area contributed by atoms with Gasteiger partial charge in [0.15, 0.2) is 11.5 Å². The normalized spacial score (nSPS) is 10.3. The van der Waals surface area contributed by atoms with Crippen LogP contribution in [0.25, 0.3) is 5.82 Å². The highest BCUT2D eigenvalue weighted by Gasteiger charge is 2.21. The Labute approximate surface area is 107 Å². The summed E-state index contributed by atoms with van der Waals surface area (Å²) in [7, 11) is 0. The van der Waals surface area contributed by atoms with Crippen LogP contribution in [0.1, 0.15) is 10.5 Å². The zero-order valence-electron chi connectivity index (χ0n) is 8.39. The van der Waals surface area contributed by atoms with Crippen LogP contribution >= 0.6 is 15.9 Å². The van der Waals surface area contributed by atoms with E-state index >= 15 is 0 Å². The van der Waals surface area contributed by atoms with Crippen LogP contribution in [-0.4, -0.2) is 40.7 Å². The fourth-order valence-electron chi connectivity index (χ4n) is 1.05. The minimum atomic E-state index is -1.22. The first-order valence-corrected chi connectivity index (χ1v) is 5.11. The Bertz CT molecular complexity index is 623. The molecule has 0 radical (unpaired) electrons. The topological polar surface area (TPSA) is 137 Å². The number of hydrogen-bond donors (Lipinski definition) is 1. The molecule has 0 aliphatic rings. The maximum absolute atomic E-state index is 10.6. The molecule has 11 heteroatoms. The minimum absolute atomic E-state index is 0.0616. The fraction of sp³-hybridized carbons (Fsp3) is 0. The van der Waals surface area contributed by atoms with E-state index in [1.165, 1.54) is 0 Å². The first-order chi connectivity index (χ1) is 8.49. The lowest BCUT2D eigenvalue weighted by Crippen LogP contribution is -2.06. The summed E-state index contributed by atoms with van der Waals surface area (Å²) in [4.78, 5) is 31.2. The SMILES string of the molecule is O=C(O)c1cnc(-n2nc([N+](=O)[O-])nc2Br)cn1. The molecule has 0 saturated heterocycles. The highest BCUT2D eigenvalue weighted by Crippen LogP contribution is 2.15. The molecule has 0 saturated carbocycles. The van der Waals surface area contributed by atoms with Gasteiger partial charge in [0.1, 0.15) is 0 Å². The molecule has 2 heterocycles. The van der Waals surface area contributed by atoms with Crippen molar-refractivity contribution in [1.82, 2.24) is 24.7 Å². The second-order valence-corrected chi connectivity index (χ2v) is 3.62. The third kappa shape index (κ3) is 2.15. The molecule has 0 aliphatic carbocycles. The zero-order valence-corrected chi connectivity index (χ0v) is 9.97. The van der Waals surface area contributed by atoms with Crippen LogP contribution in [0, 0.1) is 10.1 Å². The average Bonchev–Trinajstić information content (AvgIpc) is 2.71. The van der Waals surface area contributed by atoms with E-state index in [-0.39, 0.29) is 16.2 Å². The van der Waals surface area contributed by atoms with E-state index in [0.29, 0.717) is 0 Å². The molecule has 0 atom stereocenters. The summed E-state index contributed by atoms with van der Waals surface area (Å²) in [6.45, 7) is 0. The maximum atomic E-state index is 10.6. The molecule has 2 rings (SSSR count). The van der Waals surface area contributed by atoms with Crippen molar-refractivity contribution < 1.29 is 14.8 Å². The molecule has 92 valence electrons. The lowest BCUT2D eigenvalue weighted by atomic mass is 10.4. The van der Waals surface area contributed by atoms with Crippen molar-refractivity contribution in [2.75, 3.05) is 0 Å². The van der Waals surface area contributed by atoms with E-state index in [1.54, 1.807) is 0 Å². The van der Waals surface area contributed by atoms with Crippen LogP contribution in [0.4, 0.5) is 5.95 Å². The molecule has 2 aromatic heterocycles. The summed E-state index contributed by atoms with van der Waals surface area (Å²) in [6.07, 6.45) is 2.13. The van der Waals surface area contributed by atoms with Crippen molar-refractivity contribution in [3.05, 3.63) is 32.9 Å². The van der Waals surface area contributed by atoms with Crippen molar-refractivity contribution in [3.8, 4) is 5.82 Å². The number of hydrogen-bond acceptors (Lipinski definition) is 7. The van der Waals surface area contributed by atoms with Crippen molar-refractivity contribution in [1.29, 1.82) is 0 Å². The second kappa shape index (κ2) is 4.44. The van der Waals surface area contributed by atoms with Gasteiger partial charge in [0, 0.05) is 21.0 Å². The van der Waals surface area contributed by atoms with E-state index in [4.69, 9.17) is 5.11 Å². The number of nitro groups is 1. The van der Waals surface area contributed by atoms with Gasteiger partial charge < -0.3 is 15.2 Å². The molecule has 0 aliphatic heterocycles. The lowest BCUT2D eigenvalue weighted by molar-refractivity contribution is -0.394. The van der Waals surface area contributed by atoms with Gasteiger partial charge in [-0.05, 0) is 9.91 Å². The lowest BCUT2D eigenvalue weighted by Gasteiger charge is -1.96. The first-order valence-electron chi connectivity index (χ1n) is 4.31. The summed E-state index contributed by atoms with van der Waals surface area (Å²) in [6, 6.07) is 0. The molecule has 0 unspecified atom stereocenters. The maximum Gasteiger partial charge on any atom is 0.492 e. The zero-order chi connectivity index (χ0) is 13.3. The second-order valence-electron chi connectivity index (χ2n) is 2.91. The molecule has 0 fully saturated rings. The van der Waals surface area contributed by atoms with Crippen molar-refractivity contribution in [2.45, 2.75) is 0 Å². The molecule has 0 aromatic carbocycles. The van der Waals surface area contributed by atoms with Gasteiger partial charge in [0.05, 0.1) is 12.4 Å². The van der Waals surface area contributed by atoms with Gasteiger partial charge in [0.2, 0.25) is 0 Å². The molecule has 0 amide bonds. The third-order valence-electron chi connectivity index (χ3n) is 1.79. The highest BCUT2D eigenvalue weighted by atomic mass is 79.9. The fourth-order valence-corrected chi connectivity index (χ4v) is 1.47. The van der Waals surface area contributed by atoms with Crippen LogP contribution in [0.5, 0.6) is 0 Å². The number of carboxylic acid groups (broad SMARTS) is 1. The number of nitrogens with zero attached hydrogens (tertiary/aromatic N) is 6. The highest BCUT2D eigenvalue weighted by molar-refractivity contribution is 9.10. The Morgan fingerprint density at radius 2 is 2.17 bits per heavy atom. The number of halogens is 1. The van der Waals surface area contributed by atoms with Gasteiger partial charge in [-0.25, -0.2) is 14.8 Å². The summed E-state index contributed by atoms with van der Waals surface area (Å²) in [5.41, 5.74) is -0.246. The van der Waals surface area contributed by atoms with Crippen LogP contribution in [0.3, 0.4) is 0 Å². The first kappa shape index (κ1) is 12.0. The van der Waals surface area contributed by atoms with E-state index in [1.807, 2.05) is 0 Å². The van der Waals surface area contributed by atoms with E-state index < -0.39 is 16.8 Å². The summed E-state index contributed by atoms with van der Waals surface area (Å²) in [5, 5.41) is 22.7. The minimum Gasteiger partial charge on any atom is -0.476 e. The predicted molar refractivity (Wildman–Crippen MR) is 58.3 cm³/mol. The monoisotopic (exact) mass is 314 g/mol. The van der Waals surface area contributed by atoms with E-state index in [2.05, 4.69) is 36.0 Å². The van der Waals surface area contributed by atoms with Gasteiger partial charge in [-0.3, -0.25) is 0 Å². The predicted octanol–water partition coefficient (Wildman–Crippen LogP) is 0.426. The Kier molecular flexibility index (Phi) is 2.97. The smallest absolute Gasteiger partial charge is 0.476 e. The van der Waals surface area contributed by atoms with Gasteiger partial charge in [-0.2, -0.15) is 0 Å². The molecule has 2 aromatic rings. The molecular weight excluding hydrogens is 312 g/mol. The Morgan fingerprint density at radius 1 is 1.44 bits per heavy atom. The molecule has 0 bridgehead atoms. The molecule has 18 heavy (non-hydrogen) atoms. The number of carbonyl (C=O) groups is 1. The Balaban J connectivity index is 2.42. The average molecular weight is 315 g/mol. The van der Waals surface area contributed by atoms with Crippen molar-refractivity contribution >= 4 is 27.8 Å². The van der Waals surface area contributed by atoms with Gasteiger partial charge >= 0.3 is 11.9 Å². The van der Waals surface area contributed by atoms with Crippen LogP contribution in [0.2, 0.25) is 0 Å². The summed E-state index contributed by atoms with van der Waals surface area (Å²) in [5.74, 6) is -1.73.